The number of hydrogen-bond acceptors (Lipinski definition) is 2. The second kappa shape index (κ2) is 4.38. The zero-order valence-corrected chi connectivity index (χ0v) is 8.81. The first-order chi connectivity index (χ1) is 6.27. The predicted molar refractivity (Wildman–Crippen MR) is 53.7 cm³/mol. The van der Waals surface area contributed by atoms with Gasteiger partial charge in [0.05, 0.1) is 0 Å². The van der Waals surface area contributed by atoms with E-state index in [-0.39, 0.29) is 0 Å². The molecule has 2 rings (SSSR count). The fourth-order valence-electron chi connectivity index (χ4n) is 1.14. The third-order valence-electron chi connectivity index (χ3n) is 1.62. The van der Waals surface area contributed by atoms with Gasteiger partial charge in [-0.25, -0.2) is 0 Å². The van der Waals surface area contributed by atoms with Crippen LogP contribution in [0.4, 0.5) is 0 Å². The lowest BCUT2D eigenvalue weighted by atomic mass is 10.2. The minimum Gasteiger partial charge on any atom is -0.454 e. The Balaban J connectivity index is 0.000000396. The van der Waals surface area contributed by atoms with Crippen LogP contribution in [0.2, 0.25) is 5.02 Å². The Morgan fingerprint density at radius 3 is 2.62 bits per heavy atom. The predicted octanol–water partition coefficient (Wildman–Crippen LogP) is 3.40. The molecule has 1 aliphatic rings. The molecule has 0 bridgehead atoms. The van der Waals surface area contributed by atoms with Crippen molar-refractivity contribution in [3.63, 3.8) is 0 Å². The van der Waals surface area contributed by atoms with Crippen molar-refractivity contribution in [2.24, 2.45) is 0 Å². The van der Waals surface area contributed by atoms with Crippen LogP contribution in [0.3, 0.4) is 0 Å². The summed E-state index contributed by atoms with van der Waals surface area (Å²) in [4.78, 5) is 0. The summed E-state index contributed by atoms with van der Waals surface area (Å²) in [6, 6.07) is 3.62. The SMILES string of the molecule is CC.Cc1cc(Cl)cc2c1OCO2. The lowest BCUT2D eigenvalue weighted by Gasteiger charge is -1.99. The molecule has 0 aromatic heterocycles. The fourth-order valence-corrected chi connectivity index (χ4v) is 1.41. The molecule has 72 valence electrons. The molecule has 1 aromatic rings. The number of benzene rings is 1. The topological polar surface area (TPSA) is 18.5 Å². The van der Waals surface area contributed by atoms with E-state index in [0.717, 1.165) is 17.1 Å². The van der Waals surface area contributed by atoms with Crippen LogP contribution in [-0.2, 0) is 0 Å². The largest absolute Gasteiger partial charge is 0.454 e. The van der Waals surface area contributed by atoms with Crippen molar-refractivity contribution < 1.29 is 9.47 Å². The zero-order chi connectivity index (χ0) is 9.84. The molecule has 0 atom stereocenters. The van der Waals surface area contributed by atoms with Crippen LogP contribution in [0.25, 0.3) is 0 Å². The highest BCUT2D eigenvalue weighted by molar-refractivity contribution is 6.30. The number of halogens is 1. The minimum absolute atomic E-state index is 0.302. The van der Waals surface area contributed by atoms with Crippen LogP contribution in [0.5, 0.6) is 11.5 Å². The van der Waals surface area contributed by atoms with E-state index in [1.807, 2.05) is 26.8 Å². The molecule has 0 saturated heterocycles. The third kappa shape index (κ3) is 2.07. The Bertz CT molecular complexity index is 297. The molecular weight excluding hydrogens is 188 g/mol. The maximum atomic E-state index is 5.79. The van der Waals surface area contributed by atoms with Crippen LogP contribution in [-0.4, -0.2) is 6.79 Å². The van der Waals surface area contributed by atoms with E-state index >= 15 is 0 Å². The molecule has 1 aliphatic heterocycles. The highest BCUT2D eigenvalue weighted by atomic mass is 35.5. The lowest BCUT2D eigenvalue weighted by Crippen LogP contribution is -1.93. The van der Waals surface area contributed by atoms with E-state index in [1.165, 1.54) is 0 Å². The van der Waals surface area contributed by atoms with Crippen LogP contribution in [0.1, 0.15) is 19.4 Å². The molecule has 1 heterocycles. The van der Waals surface area contributed by atoms with Crippen molar-refractivity contribution in [1.82, 2.24) is 0 Å². The van der Waals surface area contributed by atoms with Gasteiger partial charge in [0.1, 0.15) is 0 Å². The summed E-state index contributed by atoms with van der Waals surface area (Å²) < 4.78 is 10.4. The van der Waals surface area contributed by atoms with Crippen molar-refractivity contribution in [2.45, 2.75) is 20.8 Å². The number of aryl methyl sites for hydroxylation is 1. The Morgan fingerprint density at radius 2 is 1.92 bits per heavy atom. The molecule has 0 aliphatic carbocycles. The van der Waals surface area contributed by atoms with Crippen LogP contribution in [0, 0.1) is 6.92 Å². The maximum Gasteiger partial charge on any atom is 0.231 e. The molecule has 0 amide bonds. The van der Waals surface area contributed by atoms with Crippen molar-refractivity contribution in [1.29, 1.82) is 0 Å². The van der Waals surface area contributed by atoms with Gasteiger partial charge in [0, 0.05) is 11.1 Å². The van der Waals surface area contributed by atoms with Crippen LogP contribution >= 0.6 is 11.6 Å². The summed E-state index contributed by atoms with van der Waals surface area (Å²) in [6.45, 7) is 6.25. The number of rotatable bonds is 0. The minimum atomic E-state index is 0.302. The second-order valence-corrected chi connectivity index (χ2v) is 2.89. The third-order valence-corrected chi connectivity index (χ3v) is 1.84. The van der Waals surface area contributed by atoms with E-state index in [2.05, 4.69) is 0 Å². The van der Waals surface area contributed by atoms with Gasteiger partial charge in [0.2, 0.25) is 6.79 Å². The van der Waals surface area contributed by atoms with Crippen molar-refractivity contribution in [2.75, 3.05) is 6.79 Å². The van der Waals surface area contributed by atoms with Gasteiger partial charge in [-0.2, -0.15) is 0 Å². The Hall–Kier alpha value is -0.890. The van der Waals surface area contributed by atoms with E-state index < -0.39 is 0 Å². The van der Waals surface area contributed by atoms with Crippen molar-refractivity contribution in [3.8, 4) is 11.5 Å². The Labute approximate surface area is 83.4 Å². The van der Waals surface area contributed by atoms with Gasteiger partial charge in [-0.05, 0) is 18.6 Å². The van der Waals surface area contributed by atoms with Gasteiger partial charge in [0.25, 0.3) is 0 Å². The van der Waals surface area contributed by atoms with Crippen LogP contribution < -0.4 is 9.47 Å². The molecule has 0 N–H and O–H groups in total. The second-order valence-electron chi connectivity index (χ2n) is 2.46. The molecule has 0 saturated carbocycles. The summed E-state index contributed by atoms with van der Waals surface area (Å²) in [7, 11) is 0. The molecule has 2 nitrogen and oxygen atoms in total. The molecule has 1 aromatic carbocycles. The molecule has 13 heavy (non-hydrogen) atoms. The average molecular weight is 201 g/mol. The molecule has 0 fully saturated rings. The number of hydrogen-bond donors (Lipinski definition) is 0. The fraction of sp³-hybridized carbons (Fsp3) is 0.400. The first-order valence-corrected chi connectivity index (χ1v) is 4.71. The van der Waals surface area contributed by atoms with Gasteiger partial charge in [0.15, 0.2) is 11.5 Å². The van der Waals surface area contributed by atoms with E-state index in [9.17, 15) is 0 Å². The Morgan fingerprint density at radius 1 is 1.23 bits per heavy atom. The summed E-state index contributed by atoms with van der Waals surface area (Å²) in [5.74, 6) is 1.56. The summed E-state index contributed by atoms with van der Waals surface area (Å²) in [5, 5.41) is 0.687. The normalized spacial score (nSPS) is 12.0. The highest BCUT2D eigenvalue weighted by Gasteiger charge is 2.15. The highest BCUT2D eigenvalue weighted by Crippen LogP contribution is 2.37. The van der Waals surface area contributed by atoms with Gasteiger partial charge >= 0.3 is 0 Å². The maximum absolute atomic E-state index is 5.79. The van der Waals surface area contributed by atoms with Gasteiger partial charge in [-0.15, -0.1) is 0 Å². The standard InChI is InChI=1S/C8H7ClO2.C2H6/c1-5-2-6(9)3-7-8(5)11-4-10-7;1-2/h2-3H,4H2,1H3;1-2H3. The molecular formula is C10H13ClO2. The monoisotopic (exact) mass is 200 g/mol. The average Bonchev–Trinajstić information content (AvgIpc) is 2.55. The van der Waals surface area contributed by atoms with E-state index in [1.54, 1.807) is 6.07 Å². The van der Waals surface area contributed by atoms with Crippen molar-refractivity contribution >= 4 is 11.6 Å². The van der Waals surface area contributed by atoms with E-state index in [0.29, 0.717) is 11.8 Å². The first kappa shape index (κ1) is 10.2. The first-order valence-electron chi connectivity index (χ1n) is 4.33. The number of ether oxygens (including phenoxy) is 2. The van der Waals surface area contributed by atoms with Gasteiger partial charge in [-0.3, -0.25) is 0 Å². The summed E-state index contributed by atoms with van der Waals surface area (Å²) >= 11 is 5.79. The summed E-state index contributed by atoms with van der Waals surface area (Å²) in [6.07, 6.45) is 0. The van der Waals surface area contributed by atoms with Gasteiger partial charge in [-0.1, -0.05) is 25.4 Å². The zero-order valence-electron chi connectivity index (χ0n) is 8.06. The summed E-state index contributed by atoms with van der Waals surface area (Å²) in [5.41, 5.74) is 1.02. The molecule has 0 unspecified atom stereocenters. The quantitative estimate of drug-likeness (QED) is 0.639. The van der Waals surface area contributed by atoms with Crippen molar-refractivity contribution in [3.05, 3.63) is 22.7 Å². The molecule has 3 heteroatoms. The van der Waals surface area contributed by atoms with Gasteiger partial charge < -0.3 is 9.47 Å². The Kier molecular flexibility index (Phi) is 3.43. The van der Waals surface area contributed by atoms with E-state index in [4.69, 9.17) is 21.1 Å². The van der Waals surface area contributed by atoms with Crippen LogP contribution in [0.15, 0.2) is 12.1 Å². The number of fused-ring (bicyclic) bond motifs is 1. The molecule has 0 spiro atoms. The lowest BCUT2D eigenvalue weighted by molar-refractivity contribution is 0.173. The molecule has 0 radical (unpaired) electrons. The smallest absolute Gasteiger partial charge is 0.231 e.